The highest BCUT2D eigenvalue weighted by Crippen LogP contribution is 2.25. The second-order valence-electron chi connectivity index (χ2n) is 7.51. The Kier molecular flexibility index (Phi) is 6.37. The molecule has 3 rings (SSSR count). The lowest BCUT2D eigenvalue weighted by Gasteiger charge is -2.19. The Bertz CT molecular complexity index is 946. The summed E-state index contributed by atoms with van der Waals surface area (Å²) in [5, 5.41) is 4.06. The number of rotatable bonds is 6. The van der Waals surface area contributed by atoms with Gasteiger partial charge in [0.15, 0.2) is 11.7 Å². The average Bonchev–Trinajstić information content (AvgIpc) is 3.08. The van der Waals surface area contributed by atoms with Crippen molar-refractivity contribution in [2.45, 2.75) is 32.6 Å². The van der Waals surface area contributed by atoms with Gasteiger partial charge in [-0.3, -0.25) is 10.1 Å². The molecule has 1 aromatic heterocycles. The number of aromatic nitrogens is 1. The zero-order valence-electron chi connectivity index (χ0n) is 16.2. The molecule has 1 N–H and O–H groups in total. The van der Waals surface area contributed by atoms with Crippen molar-refractivity contribution in [2.75, 3.05) is 11.9 Å². The van der Waals surface area contributed by atoms with Crippen molar-refractivity contribution in [3.63, 3.8) is 0 Å². The van der Waals surface area contributed by atoms with E-state index in [9.17, 15) is 4.79 Å². The van der Waals surface area contributed by atoms with Gasteiger partial charge in [-0.05, 0) is 34.7 Å². The predicted octanol–water partition coefficient (Wildman–Crippen LogP) is 5.70. The molecule has 3 aromatic rings. The molecule has 0 atom stereocenters. The lowest BCUT2D eigenvalue weighted by molar-refractivity contribution is -0.118. The zero-order valence-corrected chi connectivity index (χ0v) is 17.7. The molecule has 0 aliphatic heterocycles. The maximum absolute atomic E-state index is 12.1. The van der Waals surface area contributed by atoms with Gasteiger partial charge in [0.25, 0.3) is 5.91 Å². The van der Waals surface area contributed by atoms with Crippen LogP contribution in [0.4, 0.5) is 5.13 Å². The number of ether oxygens (including phenoxy) is 1. The summed E-state index contributed by atoms with van der Waals surface area (Å²) in [6, 6.07) is 15.5. The molecular formula is C22H23ClN2O2S. The van der Waals surface area contributed by atoms with Crippen LogP contribution in [0.3, 0.4) is 0 Å². The maximum Gasteiger partial charge on any atom is 0.264 e. The van der Waals surface area contributed by atoms with Crippen LogP contribution in [0.15, 0.2) is 54.7 Å². The van der Waals surface area contributed by atoms with Gasteiger partial charge in [0.05, 0.1) is 0 Å². The van der Waals surface area contributed by atoms with Crippen LogP contribution in [0.5, 0.6) is 5.75 Å². The van der Waals surface area contributed by atoms with E-state index in [1.165, 1.54) is 16.9 Å². The molecule has 0 radical (unpaired) electrons. The van der Waals surface area contributed by atoms with Crippen LogP contribution < -0.4 is 10.1 Å². The minimum absolute atomic E-state index is 0.0612. The van der Waals surface area contributed by atoms with E-state index in [1.807, 2.05) is 48.5 Å². The fraction of sp³-hybridized carbons (Fsp3) is 0.273. The zero-order chi connectivity index (χ0) is 20.1. The molecule has 0 saturated heterocycles. The summed E-state index contributed by atoms with van der Waals surface area (Å²) in [6.07, 6.45) is 2.44. The number of nitrogens with zero attached hydrogens (tertiary/aromatic N) is 1. The largest absolute Gasteiger partial charge is 0.484 e. The molecule has 0 unspecified atom stereocenters. The van der Waals surface area contributed by atoms with Gasteiger partial charge in [-0.1, -0.05) is 62.7 Å². The molecule has 0 saturated carbocycles. The molecule has 1 amide bonds. The smallest absolute Gasteiger partial charge is 0.264 e. The first-order valence-electron chi connectivity index (χ1n) is 9.02. The molecule has 0 fully saturated rings. The van der Waals surface area contributed by atoms with Gasteiger partial charge in [-0.15, -0.1) is 11.3 Å². The molecule has 0 spiro atoms. The third-order valence-corrected chi connectivity index (χ3v) is 5.49. The minimum atomic E-state index is -0.237. The van der Waals surface area contributed by atoms with E-state index in [4.69, 9.17) is 16.3 Å². The normalized spacial score (nSPS) is 11.3. The van der Waals surface area contributed by atoms with E-state index >= 15 is 0 Å². The standard InChI is InChI=1S/C22H23ClN2O2S/c1-22(2,3)16-8-10-17(11-9-16)27-14-20(26)25-21-24-13-18(28-21)12-15-6-4-5-7-19(15)23/h4-11,13H,12,14H2,1-3H3,(H,24,25,26). The van der Waals surface area contributed by atoms with E-state index in [2.05, 4.69) is 31.1 Å². The SMILES string of the molecule is CC(C)(C)c1ccc(OCC(=O)Nc2ncc(Cc3ccccc3Cl)s2)cc1. The maximum atomic E-state index is 12.1. The number of hydrogen-bond acceptors (Lipinski definition) is 4. The van der Waals surface area contributed by atoms with Crippen LogP contribution >= 0.6 is 22.9 Å². The first-order valence-corrected chi connectivity index (χ1v) is 10.2. The van der Waals surface area contributed by atoms with E-state index in [1.54, 1.807) is 6.20 Å². The number of amides is 1. The van der Waals surface area contributed by atoms with Gasteiger partial charge in [-0.2, -0.15) is 0 Å². The van der Waals surface area contributed by atoms with Crippen molar-refractivity contribution in [3.05, 3.63) is 75.8 Å². The summed E-state index contributed by atoms with van der Waals surface area (Å²) in [6.45, 7) is 6.41. The van der Waals surface area contributed by atoms with Crippen LogP contribution in [0.1, 0.15) is 36.8 Å². The number of benzene rings is 2. The monoisotopic (exact) mass is 414 g/mol. The number of carbonyl (C=O) groups is 1. The summed E-state index contributed by atoms with van der Waals surface area (Å²) in [5.41, 5.74) is 2.34. The number of anilines is 1. The highest BCUT2D eigenvalue weighted by molar-refractivity contribution is 7.15. The summed E-state index contributed by atoms with van der Waals surface area (Å²) in [5.74, 6) is 0.431. The highest BCUT2D eigenvalue weighted by Gasteiger charge is 2.13. The average molecular weight is 415 g/mol. The number of carbonyl (C=O) groups excluding carboxylic acids is 1. The summed E-state index contributed by atoms with van der Waals surface area (Å²) < 4.78 is 5.57. The highest BCUT2D eigenvalue weighted by atomic mass is 35.5. The third kappa shape index (κ3) is 5.57. The molecule has 28 heavy (non-hydrogen) atoms. The Balaban J connectivity index is 1.51. The van der Waals surface area contributed by atoms with Crippen LogP contribution in [0.2, 0.25) is 5.02 Å². The molecule has 2 aromatic carbocycles. The first-order chi connectivity index (χ1) is 13.3. The van der Waals surface area contributed by atoms with Gasteiger partial charge in [-0.25, -0.2) is 4.98 Å². The molecule has 0 aliphatic rings. The van der Waals surface area contributed by atoms with Gasteiger partial charge < -0.3 is 4.74 Å². The van der Waals surface area contributed by atoms with Crippen molar-refractivity contribution >= 4 is 34.0 Å². The topological polar surface area (TPSA) is 51.2 Å². The van der Waals surface area contributed by atoms with E-state index < -0.39 is 0 Å². The van der Waals surface area contributed by atoms with Crippen molar-refractivity contribution in [1.82, 2.24) is 4.98 Å². The Morgan fingerprint density at radius 1 is 1.14 bits per heavy atom. The summed E-state index contributed by atoms with van der Waals surface area (Å²) >= 11 is 7.63. The molecular weight excluding hydrogens is 392 g/mol. The number of hydrogen-bond donors (Lipinski definition) is 1. The van der Waals surface area contributed by atoms with Crippen LogP contribution in [0, 0.1) is 0 Å². The molecule has 4 nitrogen and oxygen atoms in total. The quantitative estimate of drug-likeness (QED) is 0.562. The molecule has 1 heterocycles. The number of thiazole rings is 1. The van der Waals surface area contributed by atoms with Crippen molar-refractivity contribution in [2.24, 2.45) is 0 Å². The third-order valence-electron chi connectivity index (χ3n) is 4.21. The number of halogens is 1. The lowest BCUT2D eigenvalue weighted by atomic mass is 9.87. The van der Waals surface area contributed by atoms with Crippen LogP contribution in [-0.4, -0.2) is 17.5 Å². The minimum Gasteiger partial charge on any atom is -0.484 e. The predicted molar refractivity (Wildman–Crippen MR) is 116 cm³/mol. The molecule has 6 heteroatoms. The van der Waals surface area contributed by atoms with E-state index in [0.717, 1.165) is 15.5 Å². The Hall–Kier alpha value is -2.37. The Morgan fingerprint density at radius 2 is 1.86 bits per heavy atom. The van der Waals surface area contributed by atoms with Gasteiger partial charge >= 0.3 is 0 Å². The second kappa shape index (κ2) is 8.76. The molecule has 0 bridgehead atoms. The first kappa shape index (κ1) is 20.4. The van der Waals surface area contributed by atoms with Crippen molar-refractivity contribution < 1.29 is 9.53 Å². The van der Waals surface area contributed by atoms with Gasteiger partial charge in [0.1, 0.15) is 5.75 Å². The van der Waals surface area contributed by atoms with Gasteiger partial charge in [0, 0.05) is 22.5 Å². The van der Waals surface area contributed by atoms with Crippen molar-refractivity contribution in [3.8, 4) is 5.75 Å². The fourth-order valence-corrected chi connectivity index (χ4v) is 3.69. The lowest BCUT2D eigenvalue weighted by Crippen LogP contribution is -2.20. The number of nitrogens with one attached hydrogen (secondary N) is 1. The Morgan fingerprint density at radius 3 is 2.54 bits per heavy atom. The second-order valence-corrected chi connectivity index (χ2v) is 9.03. The fourth-order valence-electron chi connectivity index (χ4n) is 2.63. The van der Waals surface area contributed by atoms with Crippen LogP contribution in [0.25, 0.3) is 0 Å². The Labute approximate surface area is 174 Å². The van der Waals surface area contributed by atoms with E-state index in [0.29, 0.717) is 17.3 Å². The van der Waals surface area contributed by atoms with Gasteiger partial charge in [0.2, 0.25) is 0 Å². The summed E-state index contributed by atoms with van der Waals surface area (Å²) in [4.78, 5) is 17.4. The molecule has 0 aliphatic carbocycles. The van der Waals surface area contributed by atoms with Crippen molar-refractivity contribution in [1.29, 1.82) is 0 Å². The van der Waals surface area contributed by atoms with E-state index in [-0.39, 0.29) is 17.9 Å². The molecule has 146 valence electrons. The van der Waals surface area contributed by atoms with Crippen LogP contribution in [-0.2, 0) is 16.6 Å². The summed E-state index contributed by atoms with van der Waals surface area (Å²) in [7, 11) is 0.